The Bertz CT molecular complexity index is 743. The molecule has 1 N–H and O–H groups in total. The van der Waals surface area contributed by atoms with E-state index in [1.165, 1.54) is 4.90 Å². The molecular formula is C18H17BrN2O2. The first-order valence-electron chi connectivity index (χ1n) is 7.57. The summed E-state index contributed by atoms with van der Waals surface area (Å²) in [6, 6.07) is 14.5. The molecule has 4 nitrogen and oxygen atoms in total. The predicted molar refractivity (Wildman–Crippen MR) is 94.5 cm³/mol. The molecule has 0 aromatic heterocycles. The molecule has 118 valence electrons. The number of anilines is 2. The van der Waals surface area contributed by atoms with Crippen LogP contribution in [0.15, 0.2) is 53.0 Å². The van der Waals surface area contributed by atoms with Crippen molar-refractivity contribution in [3.05, 3.63) is 58.6 Å². The Kier molecular flexibility index (Phi) is 4.48. The number of aryl methyl sites for hydroxylation is 1. The molecule has 0 saturated carbocycles. The zero-order valence-electron chi connectivity index (χ0n) is 12.8. The van der Waals surface area contributed by atoms with E-state index in [1.54, 1.807) is 12.1 Å². The molecule has 0 radical (unpaired) electrons. The van der Waals surface area contributed by atoms with Crippen LogP contribution in [0.5, 0.6) is 0 Å². The lowest BCUT2D eigenvalue weighted by Crippen LogP contribution is -2.34. The standard InChI is InChI=1S/C18H17BrN2O2/c1-2-12-5-3-4-6-15(12)20-16-11-17(22)21(18(16)23)14-9-7-13(19)8-10-14/h3-10,16,20H,2,11H2,1H3/t16-/m0/s1. The molecule has 0 bridgehead atoms. The van der Waals surface area contributed by atoms with Crippen LogP contribution in [0.4, 0.5) is 11.4 Å². The zero-order valence-corrected chi connectivity index (χ0v) is 14.3. The minimum atomic E-state index is -0.515. The van der Waals surface area contributed by atoms with Crippen molar-refractivity contribution >= 4 is 39.1 Å². The number of carbonyl (C=O) groups excluding carboxylic acids is 2. The molecule has 1 fully saturated rings. The number of amides is 2. The van der Waals surface area contributed by atoms with E-state index in [0.29, 0.717) is 5.69 Å². The first-order chi connectivity index (χ1) is 11.1. The summed E-state index contributed by atoms with van der Waals surface area (Å²) < 4.78 is 0.909. The number of rotatable bonds is 4. The van der Waals surface area contributed by atoms with E-state index in [4.69, 9.17) is 0 Å². The van der Waals surface area contributed by atoms with Gasteiger partial charge in [0.05, 0.1) is 12.1 Å². The largest absolute Gasteiger partial charge is 0.373 e. The Labute approximate surface area is 143 Å². The number of hydrogen-bond donors (Lipinski definition) is 1. The van der Waals surface area contributed by atoms with Crippen molar-refractivity contribution in [2.45, 2.75) is 25.8 Å². The Hall–Kier alpha value is -2.14. The summed E-state index contributed by atoms with van der Waals surface area (Å²) in [5.74, 6) is -0.382. The predicted octanol–water partition coefficient (Wildman–Crippen LogP) is 3.76. The van der Waals surface area contributed by atoms with Gasteiger partial charge in [-0.3, -0.25) is 9.59 Å². The molecule has 2 amide bonds. The topological polar surface area (TPSA) is 49.4 Å². The first kappa shape index (κ1) is 15.7. The van der Waals surface area contributed by atoms with Gasteiger partial charge >= 0.3 is 0 Å². The second kappa shape index (κ2) is 6.54. The van der Waals surface area contributed by atoms with Crippen LogP contribution < -0.4 is 10.2 Å². The molecule has 2 aromatic rings. The number of para-hydroxylation sites is 1. The fourth-order valence-corrected chi connectivity index (χ4v) is 3.03. The summed E-state index contributed by atoms with van der Waals surface area (Å²) in [6.45, 7) is 2.07. The van der Waals surface area contributed by atoms with E-state index >= 15 is 0 Å². The molecule has 1 aliphatic rings. The summed E-state index contributed by atoms with van der Waals surface area (Å²) in [4.78, 5) is 26.2. The van der Waals surface area contributed by atoms with Crippen molar-refractivity contribution in [2.24, 2.45) is 0 Å². The van der Waals surface area contributed by atoms with Gasteiger partial charge in [-0.15, -0.1) is 0 Å². The third-order valence-corrected chi connectivity index (χ3v) is 4.49. The molecule has 1 saturated heterocycles. The third-order valence-electron chi connectivity index (χ3n) is 3.96. The minimum absolute atomic E-state index is 0.174. The maximum Gasteiger partial charge on any atom is 0.256 e. The number of nitrogens with one attached hydrogen (secondary N) is 1. The lowest BCUT2D eigenvalue weighted by Gasteiger charge is -2.17. The molecular weight excluding hydrogens is 356 g/mol. The van der Waals surface area contributed by atoms with Gasteiger partial charge in [0.2, 0.25) is 5.91 Å². The summed E-state index contributed by atoms with van der Waals surface area (Å²) in [7, 11) is 0. The SMILES string of the molecule is CCc1ccccc1N[C@H]1CC(=O)N(c2ccc(Br)cc2)C1=O. The van der Waals surface area contributed by atoms with E-state index in [0.717, 1.165) is 22.1 Å². The molecule has 0 unspecified atom stereocenters. The van der Waals surface area contributed by atoms with Crippen LogP contribution in [0, 0.1) is 0 Å². The van der Waals surface area contributed by atoms with Crippen LogP contribution >= 0.6 is 15.9 Å². The molecule has 1 heterocycles. The van der Waals surface area contributed by atoms with Crippen LogP contribution in [-0.4, -0.2) is 17.9 Å². The van der Waals surface area contributed by atoms with Crippen LogP contribution in [-0.2, 0) is 16.0 Å². The summed E-state index contributed by atoms with van der Waals surface area (Å²) in [5.41, 5.74) is 2.66. The molecule has 5 heteroatoms. The van der Waals surface area contributed by atoms with Gasteiger partial charge in [0.1, 0.15) is 6.04 Å². The van der Waals surface area contributed by atoms with E-state index < -0.39 is 6.04 Å². The van der Waals surface area contributed by atoms with Crippen LogP contribution in [0.25, 0.3) is 0 Å². The smallest absolute Gasteiger partial charge is 0.256 e. The second-order valence-corrected chi connectivity index (χ2v) is 6.37. The molecule has 1 aliphatic heterocycles. The minimum Gasteiger partial charge on any atom is -0.373 e. The number of benzene rings is 2. The number of imide groups is 1. The van der Waals surface area contributed by atoms with Crippen molar-refractivity contribution in [2.75, 3.05) is 10.2 Å². The van der Waals surface area contributed by atoms with Gasteiger partial charge < -0.3 is 5.32 Å². The van der Waals surface area contributed by atoms with Crippen molar-refractivity contribution in [3.63, 3.8) is 0 Å². The van der Waals surface area contributed by atoms with Crippen molar-refractivity contribution in [3.8, 4) is 0 Å². The van der Waals surface area contributed by atoms with E-state index in [9.17, 15) is 9.59 Å². The number of hydrogen-bond acceptors (Lipinski definition) is 3. The molecule has 3 rings (SSSR count). The van der Waals surface area contributed by atoms with Gasteiger partial charge in [-0.2, -0.15) is 0 Å². The lowest BCUT2D eigenvalue weighted by molar-refractivity contribution is -0.121. The summed E-state index contributed by atoms with van der Waals surface area (Å²) in [5, 5.41) is 3.23. The highest BCUT2D eigenvalue weighted by atomic mass is 79.9. The third kappa shape index (κ3) is 3.15. The van der Waals surface area contributed by atoms with E-state index in [-0.39, 0.29) is 18.2 Å². The quantitative estimate of drug-likeness (QED) is 0.831. The van der Waals surface area contributed by atoms with Crippen molar-refractivity contribution < 1.29 is 9.59 Å². The van der Waals surface area contributed by atoms with Crippen LogP contribution in [0.1, 0.15) is 18.9 Å². The van der Waals surface area contributed by atoms with Gasteiger partial charge in [-0.25, -0.2) is 4.90 Å². The summed E-state index contributed by atoms with van der Waals surface area (Å²) >= 11 is 3.36. The number of nitrogens with zero attached hydrogens (tertiary/aromatic N) is 1. The van der Waals surface area contributed by atoms with Crippen molar-refractivity contribution in [1.29, 1.82) is 0 Å². The molecule has 23 heavy (non-hydrogen) atoms. The second-order valence-electron chi connectivity index (χ2n) is 5.46. The van der Waals surface area contributed by atoms with Gasteiger partial charge in [-0.05, 0) is 42.3 Å². The Balaban J connectivity index is 1.82. The monoisotopic (exact) mass is 372 g/mol. The van der Waals surface area contributed by atoms with Crippen molar-refractivity contribution in [1.82, 2.24) is 0 Å². The first-order valence-corrected chi connectivity index (χ1v) is 8.36. The highest BCUT2D eigenvalue weighted by Gasteiger charge is 2.39. The molecule has 2 aromatic carbocycles. The Morgan fingerprint density at radius 2 is 1.83 bits per heavy atom. The zero-order chi connectivity index (χ0) is 16.4. The maximum atomic E-state index is 12.6. The fourth-order valence-electron chi connectivity index (χ4n) is 2.76. The highest BCUT2D eigenvalue weighted by molar-refractivity contribution is 9.10. The highest BCUT2D eigenvalue weighted by Crippen LogP contribution is 2.27. The average molecular weight is 373 g/mol. The van der Waals surface area contributed by atoms with Gasteiger partial charge in [-0.1, -0.05) is 41.1 Å². The van der Waals surface area contributed by atoms with E-state index in [1.807, 2.05) is 36.4 Å². The van der Waals surface area contributed by atoms with Gasteiger partial charge in [0, 0.05) is 10.2 Å². The van der Waals surface area contributed by atoms with E-state index in [2.05, 4.69) is 28.2 Å². The van der Waals surface area contributed by atoms with Gasteiger partial charge in [0.25, 0.3) is 5.91 Å². The Morgan fingerprint density at radius 1 is 1.13 bits per heavy atom. The summed E-state index contributed by atoms with van der Waals surface area (Å²) in [6.07, 6.45) is 1.04. The Morgan fingerprint density at radius 3 is 2.52 bits per heavy atom. The molecule has 1 atom stereocenters. The van der Waals surface area contributed by atoms with Gasteiger partial charge in [0.15, 0.2) is 0 Å². The number of carbonyl (C=O) groups is 2. The van der Waals surface area contributed by atoms with Crippen LogP contribution in [0.3, 0.4) is 0 Å². The number of halogens is 1. The normalized spacial score (nSPS) is 17.7. The molecule has 0 aliphatic carbocycles. The lowest BCUT2D eigenvalue weighted by atomic mass is 10.1. The maximum absolute atomic E-state index is 12.6. The molecule has 0 spiro atoms. The fraction of sp³-hybridized carbons (Fsp3) is 0.222. The van der Waals surface area contributed by atoms with Crippen LogP contribution in [0.2, 0.25) is 0 Å². The average Bonchev–Trinajstić information content (AvgIpc) is 2.83.